The quantitative estimate of drug-likeness (QED) is 0.745. The fraction of sp³-hybridized carbons (Fsp3) is 0.0667. The zero-order valence-corrected chi connectivity index (χ0v) is 12.5. The summed E-state index contributed by atoms with van der Waals surface area (Å²) in [5.74, 6) is 0.788. The largest absolute Gasteiger partial charge is 0.397 e. The average Bonchev–Trinajstić information content (AvgIpc) is 2.41. The zero-order chi connectivity index (χ0) is 14.1. The number of benzene rings is 1. The summed E-state index contributed by atoms with van der Waals surface area (Å²) in [5.41, 5.74) is 9.22. The minimum Gasteiger partial charge on any atom is -0.397 e. The van der Waals surface area contributed by atoms with Crippen molar-refractivity contribution in [3.05, 3.63) is 52.8 Å². The molecule has 3 aromatic rings. The van der Waals surface area contributed by atoms with Gasteiger partial charge in [-0.25, -0.2) is 4.98 Å². The maximum absolute atomic E-state index is 5.72. The number of nitrogen functional groups attached to an aromatic ring is 1. The van der Waals surface area contributed by atoms with Crippen LogP contribution in [0.4, 0.5) is 17.2 Å². The number of halogens is 1. The van der Waals surface area contributed by atoms with Crippen molar-refractivity contribution in [1.29, 1.82) is 0 Å². The molecule has 0 radical (unpaired) electrons. The van der Waals surface area contributed by atoms with Crippen LogP contribution in [-0.4, -0.2) is 9.97 Å². The smallest absolute Gasteiger partial charge is 0.133 e. The van der Waals surface area contributed by atoms with Crippen molar-refractivity contribution in [2.75, 3.05) is 11.1 Å². The van der Waals surface area contributed by atoms with Gasteiger partial charge in [-0.15, -0.1) is 0 Å². The number of para-hydroxylation sites is 1. The lowest BCUT2D eigenvalue weighted by atomic mass is 10.2. The summed E-state index contributed by atoms with van der Waals surface area (Å²) in [6.07, 6.45) is 3.43. The van der Waals surface area contributed by atoms with Crippen LogP contribution in [0, 0.1) is 6.92 Å². The minimum atomic E-state index is 0.660. The van der Waals surface area contributed by atoms with Crippen LogP contribution in [0.25, 0.3) is 10.9 Å². The number of nitrogens with two attached hydrogens (primary N) is 1. The molecule has 4 nitrogen and oxygen atoms in total. The number of pyridine rings is 2. The molecule has 0 spiro atoms. The summed E-state index contributed by atoms with van der Waals surface area (Å²) in [5, 5.41) is 4.38. The standard InChI is InChI=1S/C15H13BrN4/c1-9-5-12(17)8-19-15(9)20-13-4-2-3-10-6-11(16)7-18-14(10)13/h2-8H,17H2,1H3,(H,19,20). The Kier molecular flexibility index (Phi) is 3.28. The van der Waals surface area contributed by atoms with Gasteiger partial charge < -0.3 is 11.1 Å². The number of hydrogen-bond acceptors (Lipinski definition) is 4. The molecule has 0 bridgehead atoms. The van der Waals surface area contributed by atoms with Gasteiger partial charge in [-0.05, 0) is 46.6 Å². The van der Waals surface area contributed by atoms with Gasteiger partial charge in [0, 0.05) is 16.1 Å². The molecule has 0 fully saturated rings. The van der Waals surface area contributed by atoms with E-state index in [2.05, 4.69) is 31.2 Å². The number of nitrogens with one attached hydrogen (secondary N) is 1. The molecule has 0 amide bonds. The summed E-state index contributed by atoms with van der Waals surface area (Å²) in [6, 6.07) is 9.94. The molecule has 0 saturated heterocycles. The predicted octanol–water partition coefficient (Wildman–Crippen LogP) is 4.03. The SMILES string of the molecule is Cc1cc(N)cnc1Nc1cccc2cc(Br)cnc12. The predicted molar refractivity (Wildman–Crippen MR) is 86.1 cm³/mol. The van der Waals surface area contributed by atoms with E-state index in [9.17, 15) is 0 Å². The molecule has 0 saturated carbocycles. The van der Waals surface area contributed by atoms with E-state index >= 15 is 0 Å². The second-order valence-corrected chi connectivity index (χ2v) is 5.51. The Morgan fingerprint density at radius 3 is 2.80 bits per heavy atom. The van der Waals surface area contributed by atoms with Gasteiger partial charge >= 0.3 is 0 Å². The third-order valence-electron chi connectivity index (χ3n) is 3.03. The molecule has 0 aliphatic carbocycles. The van der Waals surface area contributed by atoms with E-state index in [0.29, 0.717) is 5.69 Å². The fourth-order valence-corrected chi connectivity index (χ4v) is 2.44. The Balaban J connectivity index is 2.06. The van der Waals surface area contributed by atoms with Gasteiger partial charge in [-0.3, -0.25) is 4.98 Å². The monoisotopic (exact) mass is 328 g/mol. The average molecular weight is 329 g/mol. The van der Waals surface area contributed by atoms with Gasteiger partial charge in [0.1, 0.15) is 5.82 Å². The summed E-state index contributed by atoms with van der Waals surface area (Å²) in [7, 11) is 0. The highest BCUT2D eigenvalue weighted by Crippen LogP contribution is 2.27. The Morgan fingerprint density at radius 1 is 1.15 bits per heavy atom. The first kappa shape index (κ1) is 12.9. The third kappa shape index (κ3) is 2.44. The molecule has 2 heterocycles. The molecular formula is C15H13BrN4. The summed E-state index contributed by atoms with van der Waals surface area (Å²) >= 11 is 3.43. The first-order valence-electron chi connectivity index (χ1n) is 6.17. The molecule has 0 unspecified atom stereocenters. The highest BCUT2D eigenvalue weighted by Gasteiger charge is 2.06. The van der Waals surface area contributed by atoms with Crippen molar-refractivity contribution in [2.45, 2.75) is 6.92 Å². The van der Waals surface area contributed by atoms with E-state index in [0.717, 1.165) is 32.4 Å². The molecule has 3 rings (SSSR count). The lowest BCUT2D eigenvalue weighted by molar-refractivity contribution is 1.26. The van der Waals surface area contributed by atoms with Crippen LogP contribution in [0.3, 0.4) is 0 Å². The molecular weight excluding hydrogens is 316 g/mol. The van der Waals surface area contributed by atoms with Crippen LogP contribution in [-0.2, 0) is 0 Å². The van der Waals surface area contributed by atoms with Crippen LogP contribution in [0.15, 0.2) is 47.2 Å². The topological polar surface area (TPSA) is 63.8 Å². The molecule has 0 atom stereocenters. The van der Waals surface area contributed by atoms with Crippen molar-refractivity contribution in [1.82, 2.24) is 9.97 Å². The van der Waals surface area contributed by atoms with Crippen LogP contribution in [0.2, 0.25) is 0 Å². The van der Waals surface area contributed by atoms with Crippen LogP contribution in [0.1, 0.15) is 5.56 Å². The molecule has 3 N–H and O–H groups in total. The second kappa shape index (κ2) is 5.09. The fourth-order valence-electron chi connectivity index (χ4n) is 2.09. The Bertz CT molecular complexity index is 786. The highest BCUT2D eigenvalue weighted by atomic mass is 79.9. The molecule has 0 aliphatic heterocycles. The molecule has 100 valence electrons. The van der Waals surface area contributed by atoms with E-state index in [1.54, 1.807) is 12.4 Å². The van der Waals surface area contributed by atoms with E-state index in [1.165, 1.54) is 0 Å². The molecule has 1 aromatic carbocycles. The van der Waals surface area contributed by atoms with E-state index in [1.807, 2.05) is 37.3 Å². The Labute approximate surface area is 125 Å². The number of rotatable bonds is 2. The first-order chi connectivity index (χ1) is 9.63. The second-order valence-electron chi connectivity index (χ2n) is 4.59. The number of anilines is 3. The van der Waals surface area contributed by atoms with E-state index in [4.69, 9.17) is 5.73 Å². The van der Waals surface area contributed by atoms with Crippen molar-refractivity contribution in [3.63, 3.8) is 0 Å². The highest BCUT2D eigenvalue weighted by molar-refractivity contribution is 9.10. The Morgan fingerprint density at radius 2 is 2.00 bits per heavy atom. The molecule has 2 aromatic heterocycles. The van der Waals surface area contributed by atoms with Crippen LogP contribution < -0.4 is 11.1 Å². The number of aromatic nitrogens is 2. The van der Waals surface area contributed by atoms with Gasteiger partial charge in [-0.2, -0.15) is 0 Å². The van der Waals surface area contributed by atoms with Gasteiger partial charge in [-0.1, -0.05) is 12.1 Å². The Hall–Kier alpha value is -2.14. The van der Waals surface area contributed by atoms with E-state index < -0.39 is 0 Å². The lowest BCUT2D eigenvalue weighted by Crippen LogP contribution is -1.99. The third-order valence-corrected chi connectivity index (χ3v) is 3.46. The van der Waals surface area contributed by atoms with Gasteiger partial charge in [0.15, 0.2) is 0 Å². The summed E-state index contributed by atoms with van der Waals surface area (Å²) in [6.45, 7) is 1.97. The number of nitrogens with zero attached hydrogens (tertiary/aromatic N) is 2. The van der Waals surface area contributed by atoms with Crippen LogP contribution in [0.5, 0.6) is 0 Å². The molecule has 20 heavy (non-hydrogen) atoms. The maximum atomic E-state index is 5.72. The number of fused-ring (bicyclic) bond motifs is 1. The van der Waals surface area contributed by atoms with Gasteiger partial charge in [0.05, 0.1) is 23.1 Å². The van der Waals surface area contributed by atoms with Gasteiger partial charge in [0.2, 0.25) is 0 Å². The summed E-state index contributed by atoms with van der Waals surface area (Å²) in [4.78, 5) is 8.79. The normalized spacial score (nSPS) is 10.7. The minimum absolute atomic E-state index is 0.660. The number of aryl methyl sites for hydroxylation is 1. The van der Waals surface area contributed by atoms with Crippen molar-refractivity contribution >= 4 is 44.0 Å². The first-order valence-corrected chi connectivity index (χ1v) is 6.96. The summed E-state index contributed by atoms with van der Waals surface area (Å²) < 4.78 is 0.962. The number of hydrogen-bond donors (Lipinski definition) is 2. The van der Waals surface area contributed by atoms with Crippen LogP contribution >= 0.6 is 15.9 Å². The lowest BCUT2D eigenvalue weighted by Gasteiger charge is -2.11. The zero-order valence-electron chi connectivity index (χ0n) is 10.9. The van der Waals surface area contributed by atoms with Crippen molar-refractivity contribution in [2.24, 2.45) is 0 Å². The van der Waals surface area contributed by atoms with Gasteiger partial charge in [0.25, 0.3) is 0 Å². The van der Waals surface area contributed by atoms with Crippen molar-refractivity contribution < 1.29 is 0 Å². The molecule has 0 aliphatic rings. The van der Waals surface area contributed by atoms with Crippen molar-refractivity contribution in [3.8, 4) is 0 Å². The molecule has 5 heteroatoms. The maximum Gasteiger partial charge on any atom is 0.133 e. The van der Waals surface area contributed by atoms with E-state index in [-0.39, 0.29) is 0 Å².